The van der Waals surface area contributed by atoms with Crippen LogP contribution >= 0.6 is 11.3 Å². The number of nitrogens with zero attached hydrogens (tertiary/aromatic N) is 1. The van der Waals surface area contributed by atoms with Gasteiger partial charge in [0.05, 0.1) is 26.3 Å². The molecule has 0 bridgehead atoms. The van der Waals surface area contributed by atoms with Crippen molar-refractivity contribution in [3.63, 3.8) is 0 Å². The van der Waals surface area contributed by atoms with Crippen LogP contribution in [0.3, 0.4) is 0 Å². The summed E-state index contributed by atoms with van der Waals surface area (Å²) in [5.74, 6) is 0.409. The Morgan fingerprint density at radius 1 is 1.08 bits per heavy atom. The maximum Gasteiger partial charge on any atom is 0.342 e. The van der Waals surface area contributed by atoms with Crippen LogP contribution in [0.5, 0.6) is 17.2 Å². The molecule has 0 fully saturated rings. The molecule has 0 spiro atoms. The molecule has 128 valence electrons. The van der Waals surface area contributed by atoms with E-state index in [1.807, 2.05) is 0 Å². The second-order valence-electron chi connectivity index (χ2n) is 4.53. The van der Waals surface area contributed by atoms with Crippen LogP contribution in [0.1, 0.15) is 15.9 Å². The largest absolute Gasteiger partial charge is 0.496 e. The maximum atomic E-state index is 12.3. The van der Waals surface area contributed by atoms with Gasteiger partial charge in [0.1, 0.15) is 17.9 Å². The fourth-order valence-corrected chi connectivity index (χ4v) is 2.66. The van der Waals surface area contributed by atoms with E-state index in [9.17, 15) is 14.9 Å². The van der Waals surface area contributed by atoms with Crippen molar-refractivity contribution in [1.29, 1.82) is 0 Å². The van der Waals surface area contributed by atoms with Crippen LogP contribution in [-0.2, 0) is 11.3 Å². The number of carbonyl (C=O) groups is 1. The van der Waals surface area contributed by atoms with Crippen LogP contribution in [0.2, 0.25) is 0 Å². The van der Waals surface area contributed by atoms with Crippen LogP contribution in [-0.4, -0.2) is 32.2 Å². The molecule has 24 heavy (non-hydrogen) atoms. The minimum Gasteiger partial charge on any atom is -0.496 e. The molecule has 1 heterocycles. The molecule has 1 aromatic carbocycles. The Kier molecular flexibility index (Phi) is 5.59. The number of nitro groups is 1. The second kappa shape index (κ2) is 7.64. The zero-order valence-corrected chi connectivity index (χ0v) is 14.0. The summed E-state index contributed by atoms with van der Waals surface area (Å²) in [6.45, 7) is -0.0827. The summed E-state index contributed by atoms with van der Waals surface area (Å²) in [6, 6.07) is 4.34. The molecule has 0 aliphatic heterocycles. The van der Waals surface area contributed by atoms with Crippen LogP contribution in [0.4, 0.5) is 5.00 Å². The highest BCUT2D eigenvalue weighted by molar-refractivity contribution is 7.13. The van der Waals surface area contributed by atoms with Crippen LogP contribution in [0, 0.1) is 10.1 Å². The molecule has 0 amide bonds. The first-order valence-electron chi connectivity index (χ1n) is 6.69. The third kappa shape index (κ3) is 3.74. The number of hydrogen-bond donors (Lipinski definition) is 0. The number of benzene rings is 1. The van der Waals surface area contributed by atoms with Gasteiger partial charge in [-0.05, 0) is 0 Å². The van der Waals surface area contributed by atoms with Crippen LogP contribution in [0.15, 0.2) is 23.6 Å². The first-order valence-corrected chi connectivity index (χ1v) is 7.57. The van der Waals surface area contributed by atoms with Gasteiger partial charge in [-0.15, -0.1) is 0 Å². The van der Waals surface area contributed by atoms with E-state index in [0.29, 0.717) is 17.1 Å². The highest BCUT2D eigenvalue weighted by Gasteiger charge is 2.19. The fraction of sp³-hybridized carbons (Fsp3) is 0.267. The molecule has 0 aliphatic carbocycles. The van der Waals surface area contributed by atoms with Crippen molar-refractivity contribution in [3.8, 4) is 17.2 Å². The fourth-order valence-electron chi connectivity index (χ4n) is 1.95. The number of thiophene rings is 1. The Hall–Kier alpha value is -2.81. The average Bonchev–Trinajstić information content (AvgIpc) is 3.07. The van der Waals surface area contributed by atoms with Crippen molar-refractivity contribution >= 4 is 22.3 Å². The van der Waals surface area contributed by atoms with Crippen molar-refractivity contribution in [2.75, 3.05) is 21.3 Å². The molecule has 2 aromatic rings. The smallest absolute Gasteiger partial charge is 0.342 e. The monoisotopic (exact) mass is 353 g/mol. The molecule has 0 radical (unpaired) electrons. The van der Waals surface area contributed by atoms with Gasteiger partial charge in [0, 0.05) is 29.1 Å². The first-order chi connectivity index (χ1) is 11.5. The maximum absolute atomic E-state index is 12.3. The van der Waals surface area contributed by atoms with E-state index in [1.165, 1.54) is 39.5 Å². The molecule has 2 rings (SSSR count). The van der Waals surface area contributed by atoms with Crippen LogP contribution < -0.4 is 14.2 Å². The van der Waals surface area contributed by atoms with Crippen molar-refractivity contribution in [2.45, 2.75) is 6.61 Å². The van der Waals surface area contributed by atoms with Gasteiger partial charge in [0.25, 0.3) is 0 Å². The molecule has 9 heteroatoms. The second-order valence-corrected chi connectivity index (χ2v) is 5.42. The summed E-state index contributed by atoms with van der Waals surface area (Å²) in [5.41, 5.74) is 0.708. The Labute approximate surface area is 141 Å². The van der Waals surface area contributed by atoms with E-state index in [4.69, 9.17) is 18.9 Å². The molecule has 0 atom stereocenters. The molecule has 0 aliphatic rings. The molecule has 8 nitrogen and oxygen atoms in total. The van der Waals surface area contributed by atoms with Crippen molar-refractivity contribution < 1.29 is 28.7 Å². The number of methoxy groups -OCH3 is 3. The summed E-state index contributed by atoms with van der Waals surface area (Å²) >= 11 is 0.972. The molecule has 0 saturated heterocycles. The molecular weight excluding hydrogens is 338 g/mol. The van der Waals surface area contributed by atoms with Gasteiger partial charge in [-0.3, -0.25) is 10.1 Å². The van der Waals surface area contributed by atoms with Gasteiger partial charge < -0.3 is 18.9 Å². The molecule has 0 unspecified atom stereocenters. The number of ether oxygens (including phenoxy) is 4. The van der Waals surface area contributed by atoms with E-state index in [0.717, 1.165) is 11.3 Å². The topological polar surface area (TPSA) is 97.1 Å². The van der Waals surface area contributed by atoms with Crippen molar-refractivity contribution in [2.24, 2.45) is 0 Å². The summed E-state index contributed by atoms with van der Waals surface area (Å²) < 4.78 is 20.7. The summed E-state index contributed by atoms with van der Waals surface area (Å²) in [6.07, 6.45) is 0. The normalized spacial score (nSPS) is 10.1. The Bertz CT molecular complexity index is 756. The van der Waals surface area contributed by atoms with Gasteiger partial charge in [-0.1, -0.05) is 11.3 Å². The predicted molar refractivity (Wildman–Crippen MR) is 86.2 cm³/mol. The number of esters is 1. The predicted octanol–water partition coefficient (Wildman–Crippen LogP) is 3.04. The van der Waals surface area contributed by atoms with E-state index in [2.05, 4.69) is 0 Å². The SMILES string of the molecule is COc1cc(OC)c(C(=O)OCc2csc([N+](=O)[O-])c2)cc1OC. The number of carbonyl (C=O) groups excluding carboxylic acids is 1. The van der Waals surface area contributed by atoms with Gasteiger partial charge >= 0.3 is 11.0 Å². The van der Waals surface area contributed by atoms with Crippen molar-refractivity contribution in [3.05, 3.63) is 44.8 Å². The first kappa shape index (κ1) is 17.5. The summed E-state index contributed by atoms with van der Waals surface area (Å²) in [7, 11) is 4.34. The van der Waals surface area contributed by atoms with Gasteiger partial charge in [0.15, 0.2) is 11.5 Å². The lowest BCUT2D eigenvalue weighted by molar-refractivity contribution is -0.380. The third-order valence-electron chi connectivity index (χ3n) is 3.12. The Morgan fingerprint density at radius 2 is 1.71 bits per heavy atom. The Morgan fingerprint density at radius 3 is 2.25 bits per heavy atom. The lowest BCUT2D eigenvalue weighted by Gasteiger charge is -2.13. The molecular formula is C15H15NO7S. The zero-order valence-electron chi connectivity index (χ0n) is 13.2. The van der Waals surface area contributed by atoms with E-state index >= 15 is 0 Å². The highest BCUT2D eigenvalue weighted by atomic mass is 32.1. The number of rotatable bonds is 7. The quantitative estimate of drug-likeness (QED) is 0.429. The van der Waals surface area contributed by atoms with E-state index in [-0.39, 0.29) is 22.9 Å². The minimum absolute atomic E-state index is 0.00949. The van der Waals surface area contributed by atoms with Gasteiger partial charge in [-0.2, -0.15) is 0 Å². The number of hydrogen-bond acceptors (Lipinski definition) is 8. The zero-order chi connectivity index (χ0) is 17.7. The lowest BCUT2D eigenvalue weighted by Crippen LogP contribution is -2.08. The minimum atomic E-state index is -0.637. The van der Waals surface area contributed by atoms with E-state index < -0.39 is 10.9 Å². The summed E-state index contributed by atoms with van der Waals surface area (Å²) in [5, 5.41) is 12.2. The molecule has 0 N–H and O–H groups in total. The van der Waals surface area contributed by atoms with E-state index in [1.54, 1.807) is 5.38 Å². The average molecular weight is 353 g/mol. The lowest BCUT2D eigenvalue weighted by atomic mass is 10.1. The molecule has 1 aromatic heterocycles. The highest BCUT2D eigenvalue weighted by Crippen LogP contribution is 2.35. The van der Waals surface area contributed by atoms with Gasteiger partial charge in [-0.25, -0.2) is 4.79 Å². The van der Waals surface area contributed by atoms with Crippen molar-refractivity contribution in [1.82, 2.24) is 0 Å². The molecule has 0 saturated carbocycles. The standard InChI is InChI=1S/C15H15NO7S/c1-20-11-6-13(22-3)12(21-2)5-10(11)15(17)23-7-9-4-14(16(18)19)24-8-9/h4-6,8H,7H2,1-3H3. The van der Waals surface area contributed by atoms with Gasteiger partial charge in [0.2, 0.25) is 0 Å². The Balaban J connectivity index is 2.17. The third-order valence-corrected chi connectivity index (χ3v) is 4.04. The summed E-state index contributed by atoms with van der Waals surface area (Å²) in [4.78, 5) is 22.4. The van der Waals surface area contributed by atoms with Crippen LogP contribution in [0.25, 0.3) is 0 Å².